The molecule has 0 aliphatic heterocycles. The topological polar surface area (TPSA) is 60.2 Å². The van der Waals surface area contributed by atoms with E-state index in [-0.39, 0.29) is 5.82 Å². The monoisotopic (exact) mass is 316 g/mol. The van der Waals surface area contributed by atoms with Crippen molar-refractivity contribution in [3.8, 4) is 6.07 Å². The Morgan fingerprint density at radius 3 is 2.86 bits per heavy atom. The van der Waals surface area contributed by atoms with E-state index in [1.54, 1.807) is 23.5 Å². The van der Waals surface area contributed by atoms with Crippen molar-refractivity contribution in [2.24, 2.45) is 4.99 Å². The molecule has 0 aliphatic carbocycles. The molecule has 2 rings (SSSR count). The highest BCUT2D eigenvalue weighted by atomic mass is 32.1. The van der Waals surface area contributed by atoms with Gasteiger partial charge >= 0.3 is 0 Å². The smallest absolute Gasteiger partial charge is 0.191 e. The number of thiophene rings is 1. The molecule has 0 radical (unpaired) electrons. The number of aliphatic imine (C=N–C) groups is 1. The number of hydrogen-bond donors (Lipinski definition) is 2. The lowest BCUT2D eigenvalue weighted by atomic mass is 10.1. The second-order valence-electron chi connectivity index (χ2n) is 4.60. The maximum atomic E-state index is 13.8. The summed E-state index contributed by atoms with van der Waals surface area (Å²) in [6.07, 6.45) is 0. The van der Waals surface area contributed by atoms with Crippen LogP contribution in [0.3, 0.4) is 0 Å². The highest BCUT2D eigenvalue weighted by molar-refractivity contribution is 7.07. The van der Waals surface area contributed by atoms with Gasteiger partial charge in [0.2, 0.25) is 0 Å². The van der Waals surface area contributed by atoms with Gasteiger partial charge in [-0.05, 0) is 41.4 Å². The Morgan fingerprint density at radius 1 is 1.36 bits per heavy atom. The highest BCUT2D eigenvalue weighted by Crippen LogP contribution is 2.10. The number of rotatable bonds is 5. The predicted molar refractivity (Wildman–Crippen MR) is 87.1 cm³/mol. The molecule has 1 heterocycles. The van der Waals surface area contributed by atoms with Gasteiger partial charge in [-0.15, -0.1) is 0 Å². The van der Waals surface area contributed by atoms with E-state index in [4.69, 9.17) is 5.26 Å². The van der Waals surface area contributed by atoms with Crippen LogP contribution in [0.4, 0.5) is 4.39 Å². The van der Waals surface area contributed by atoms with Crippen LogP contribution in [0, 0.1) is 17.1 Å². The first-order valence-corrected chi connectivity index (χ1v) is 7.89. The van der Waals surface area contributed by atoms with Crippen molar-refractivity contribution in [3.05, 3.63) is 57.5 Å². The van der Waals surface area contributed by atoms with Crippen LogP contribution in [0.1, 0.15) is 23.6 Å². The van der Waals surface area contributed by atoms with Crippen molar-refractivity contribution in [1.82, 2.24) is 10.6 Å². The number of benzene rings is 1. The summed E-state index contributed by atoms with van der Waals surface area (Å²) in [5.41, 5.74) is 1.96. The summed E-state index contributed by atoms with van der Waals surface area (Å²) >= 11 is 1.63. The summed E-state index contributed by atoms with van der Waals surface area (Å²) in [6, 6.07) is 8.41. The average Bonchev–Trinajstić information content (AvgIpc) is 3.04. The van der Waals surface area contributed by atoms with Crippen LogP contribution in [0.5, 0.6) is 0 Å². The van der Waals surface area contributed by atoms with Crippen LogP contribution in [0.2, 0.25) is 0 Å². The minimum Gasteiger partial charge on any atom is -0.357 e. The fourth-order valence-electron chi connectivity index (χ4n) is 1.83. The Hall–Kier alpha value is -2.39. The largest absolute Gasteiger partial charge is 0.357 e. The number of hydrogen-bond acceptors (Lipinski definition) is 3. The summed E-state index contributed by atoms with van der Waals surface area (Å²) in [7, 11) is 0. The van der Waals surface area contributed by atoms with Crippen molar-refractivity contribution in [3.63, 3.8) is 0 Å². The second-order valence-corrected chi connectivity index (χ2v) is 5.38. The van der Waals surface area contributed by atoms with Gasteiger partial charge in [0.25, 0.3) is 0 Å². The second kappa shape index (κ2) is 8.15. The first-order chi connectivity index (χ1) is 10.7. The average molecular weight is 316 g/mol. The summed E-state index contributed by atoms with van der Waals surface area (Å²) in [5.74, 6) is 0.248. The molecular formula is C16H17FN4S. The van der Waals surface area contributed by atoms with Gasteiger partial charge < -0.3 is 10.6 Å². The number of nitrogens with zero attached hydrogens (tertiary/aromatic N) is 2. The summed E-state index contributed by atoms with van der Waals surface area (Å²) < 4.78 is 13.8. The fraction of sp³-hybridized carbons (Fsp3) is 0.250. The van der Waals surface area contributed by atoms with Gasteiger partial charge in [-0.1, -0.05) is 6.07 Å². The molecule has 2 N–H and O–H groups in total. The number of guanidine groups is 1. The molecule has 6 heteroatoms. The Balaban J connectivity index is 1.99. The van der Waals surface area contributed by atoms with E-state index < -0.39 is 0 Å². The molecule has 0 spiro atoms. The zero-order chi connectivity index (χ0) is 15.8. The van der Waals surface area contributed by atoms with Gasteiger partial charge in [0, 0.05) is 18.7 Å². The van der Waals surface area contributed by atoms with E-state index in [0.717, 1.165) is 12.1 Å². The van der Waals surface area contributed by atoms with Crippen molar-refractivity contribution >= 4 is 17.3 Å². The molecule has 4 nitrogen and oxygen atoms in total. The summed E-state index contributed by atoms with van der Waals surface area (Å²) in [4.78, 5) is 4.46. The Kier molecular flexibility index (Phi) is 5.92. The molecule has 2 aromatic rings. The van der Waals surface area contributed by atoms with Crippen LogP contribution in [-0.4, -0.2) is 12.5 Å². The summed E-state index contributed by atoms with van der Waals surface area (Å²) in [5, 5.41) is 19.0. The number of halogens is 1. The zero-order valence-electron chi connectivity index (χ0n) is 12.3. The molecule has 22 heavy (non-hydrogen) atoms. The number of nitriles is 1. The third-order valence-electron chi connectivity index (χ3n) is 2.97. The van der Waals surface area contributed by atoms with Crippen LogP contribution >= 0.6 is 11.3 Å². The predicted octanol–water partition coefficient (Wildman–Crippen LogP) is 3.01. The lowest BCUT2D eigenvalue weighted by Gasteiger charge is -2.11. The third kappa shape index (κ3) is 4.57. The van der Waals surface area contributed by atoms with Crippen molar-refractivity contribution < 1.29 is 4.39 Å². The number of nitrogens with one attached hydrogen (secondary N) is 2. The van der Waals surface area contributed by atoms with E-state index in [2.05, 4.69) is 15.6 Å². The zero-order valence-corrected chi connectivity index (χ0v) is 13.1. The van der Waals surface area contributed by atoms with Gasteiger partial charge in [0.05, 0.1) is 18.2 Å². The van der Waals surface area contributed by atoms with E-state index >= 15 is 0 Å². The lowest BCUT2D eigenvalue weighted by molar-refractivity contribution is 0.604. The molecule has 1 aromatic heterocycles. The van der Waals surface area contributed by atoms with Crippen molar-refractivity contribution in [1.29, 1.82) is 5.26 Å². The van der Waals surface area contributed by atoms with Gasteiger partial charge in [-0.2, -0.15) is 16.6 Å². The van der Waals surface area contributed by atoms with Gasteiger partial charge in [-0.3, -0.25) is 0 Å². The molecule has 0 amide bonds. The maximum Gasteiger partial charge on any atom is 0.191 e. The fourth-order valence-corrected chi connectivity index (χ4v) is 2.49. The van der Waals surface area contributed by atoms with Crippen molar-refractivity contribution in [2.45, 2.75) is 20.0 Å². The molecule has 0 bridgehead atoms. The Bertz CT molecular complexity index is 674. The molecular weight excluding hydrogens is 299 g/mol. The minimum atomic E-state index is -0.389. The van der Waals surface area contributed by atoms with E-state index in [0.29, 0.717) is 30.2 Å². The molecule has 0 atom stereocenters. The quantitative estimate of drug-likeness (QED) is 0.658. The Morgan fingerprint density at radius 2 is 2.23 bits per heavy atom. The lowest BCUT2D eigenvalue weighted by Crippen LogP contribution is -2.37. The van der Waals surface area contributed by atoms with Crippen LogP contribution in [-0.2, 0) is 13.1 Å². The van der Waals surface area contributed by atoms with Gasteiger partial charge in [-0.25, -0.2) is 9.38 Å². The molecule has 0 saturated carbocycles. The molecule has 0 fully saturated rings. The molecule has 114 valence electrons. The standard InChI is InChI=1S/C16H17FN4S/c1-2-19-16(20-9-13-5-6-22-11-13)21-10-14-4-3-12(8-18)7-15(14)17/h3-7,11H,2,9-10H2,1H3,(H2,19,20,21). The Labute approximate surface area is 133 Å². The summed E-state index contributed by atoms with van der Waals surface area (Å²) in [6.45, 7) is 3.59. The normalized spacial score (nSPS) is 11.0. The van der Waals surface area contributed by atoms with Crippen LogP contribution < -0.4 is 10.6 Å². The van der Waals surface area contributed by atoms with E-state index in [9.17, 15) is 4.39 Å². The van der Waals surface area contributed by atoms with E-state index in [1.807, 2.05) is 29.8 Å². The first-order valence-electron chi connectivity index (χ1n) is 6.94. The van der Waals surface area contributed by atoms with Crippen LogP contribution in [0.25, 0.3) is 0 Å². The molecule has 0 unspecified atom stereocenters. The molecule has 0 saturated heterocycles. The SMILES string of the molecule is CCNC(=NCc1ccsc1)NCc1ccc(C#N)cc1F. The van der Waals surface area contributed by atoms with E-state index in [1.165, 1.54) is 6.07 Å². The van der Waals surface area contributed by atoms with Gasteiger partial charge in [0.1, 0.15) is 5.82 Å². The third-order valence-corrected chi connectivity index (χ3v) is 3.70. The van der Waals surface area contributed by atoms with Gasteiger partial charge in [0.15, 0.2) is 5.96 Å². The highest BCUT2D eigenvalue weighted by Gasteiger charge is 2.05. The molecule has 1 aromatic carbocycles. The molecule has 0 aliphatic rings. The minimum absolute atomic E-state index is 0.313. The van der Waals surface area contributed by atoms with Crippen LogP contribution in [0.15, 0.2) is 40.0 Å². The maximum absolute atomic E-state index is 13.8. The van der Waals surface area contributed by atoms with Crippen molar-refractivity contribution in [2.75, 3.05) is 6.54 Å². The first kappa shape index (κ1) is 16.0.